The number of fused-ring (bicyclic) bond motifs is 4. The first kappa shape index (κ1) is 26.1. The van der Waals surface area contributed by atoms with Gasteiger partial charge >= 0.3 is 17.2 Å². The number of hydrogen-bond acceptors (Lipinski definition) is 10. The van der Waals surface area contributed by atoms with Crippen LogP contribution in [0.2, 0.25) is 0 Å². The molecule has 0 saturated carbocycles. The maximum absolute atomic E-state index is 13.0. The summed E-state index contributed by atoms with van der Waals surface area (Å²) >= 11 is 0. The molecule has 10 heteroatoms. The topological polar surface area (TPSA) is 146 Å². The lowest BCUT2D eigenvalue weighted by atomic mass is 9.94. The van der Waals surface area contributed by atoms with Crippen LogP contribution in [-0.4, -0.2) is 29.6 Å². The highest BCUT2D eigenvalue weighted by atomic mass is 16.7. The third kappa shape index (κ3) is 4.68. The zero-order chi connectivity index (χ0) is 29.8. The summed E-state index contributed by atoms with van der Waals surface area (Å²) in [6.45, 7) is 0. The molecular formula is C33H22O10. The van der Waals surface area contributed by atoms with E-state index in [1.165, 1.54) is 49.6 Å². The zero-order valence-electron chi connectivity index (χ0n) is 22.6. The second-order valence-electron chi connectivity index (χ2n) is 10.2. The van der Waals surface area contributed by atoms with Gasteiger partial charge in [-0.3, -0.25) is 0 Å². The number of phenolic OH excluding ortho intramolecular Hbond substituents is 2. The maximum atomic E-state index is 13.0. The van der Waals surface area contributed by atoms with Crippen LogP contribution >= 0.6 is 0 Å². The maximum Gasteiger partial charge on any atom is 0.337 e. The van der Waals surface area contributed by atoms with Crippen LogP contribution in [0, 0.1) is 0 Å². The molecule has 0 amide bonds. The molecule has 2 aliphatic heterocycles. The van der Waals surface area contributed by atoms with E-state index < -0.39 is 23.5 Å². The second-order valence-corrected chi connectivity index (χ2v) is 10.2. The number of benzene rings is 3. The first-order chi connectivity index (χ1) is 20.7. The third-order valence-corrected chi connectivity index (χ3v) is 7.45. The number of carbonyl (C=O) groups excluding carboxylic acids is 1. The number of hydrogen-bond donors (Lipinski definition) is 2. The lowest BCUT2D eigenvalue weighted by molar-refractivity contribution is -0.155. The van der Waals surface area contributed by atoms with Crippen LogP contribution in [0.3, 0.4) is 0 Å². The highest BCUT2D eigenvalue weighted by molar-refractivity contribution is 5.94. The quantitative estimate of drug-likeness (QED) is 0.222. The highest BCUT2D eigenvalue weighted by Crippen LogP contribution is 2.41. The highest BCUT2D eigenvalue weighted by Gasteiger charge is 2.36. The van der Waals surface area contributed by atoms with Gasteiger partial charge in [0.25, 0.3) is 6.29 Å². The summed E-state index contributed by atoms with van der Waals surface area (Å²) in [5.74, 6) is 0.251. The molecule has 0 saturated heterocycles. The Bertz CT molecular complexity index is 2170. The molecule has 10 nitrogen and oxygen atoms in total. The third-order valence-electron chi connectivity index (χ3n) is 7.45. The molecule has 5 aromatic rings. The summed E-state index contributed by atoms with van der Waals surface area (Å²) in [7, 11) is 1.51. The van der Waals surface area contributed by atoms with E-state index in [1.807, 2.05) is 12.1 Å². The molecule has 0 aliphatic carbocycles. The molecule has 0 fully saturated rings. The minimum atomic E-state index is -1.04. The fraction of sp³-hybridized carbons (Fsp3) is 0.121. The van der Waals surface area contributed by atoms with Crippen molar-refractivity contribution in [3.8, 4) is 17.2 Å². The van der Waals surface area contributed by atoms with E-state index in [0.717, 1.165) is 5.56 Å². The molecule has 43 heavy (non-hydrogen) atoms. The van der Waals surface area contributed by atoms with Crippen molar-refractivity contribution in [3.63, 3.8) is 0 Å². The number of rotatable bonds is 5. The summed E-state index contributed by atoms with van der Waals surface area (Å²) in [4.78, 5) is 37.4. The SMILES string of the molecule is COC1=C2C=C(Cc3cc(=O)oc4ccc(O)cc34)C(=O)OC2Oc2ccc(Cc3cc(=O)oc4cc(O)ccc34)cc21. The largest absolute Gasteiger partial charge is 0.508 e. The van der Waals surface area contributed by atoms with E-state index in [1.54, 1.807) is 18.2 Å². The molecule has 7 rings (SSSR count). The van der Waals surface area contributed by atoms with Gasteiger partial charge < -0.3 is 33.3 Å². The van der Waals surface area contributed by atoms with Crippen molar-refractivity contribution < 1.29 is 38.1 Å². The Morgan fingerprint density at radius 2 is 1.47 bits per heavy atom. The van der Waals surface area contributed by atoms with Gasteiger partial charge in [-0.15, -0.1) is 0 Å². The van der Waals surface area contributed by atoms with Gasteiger partial charge in [0, 0.05) is 41.0 Å². The molecule has 3 aromatic carbocycles. The number of ether oxygens (including phenoxy) is 3. The Hall–Kier alpha value is -5.77. The number of phenols is 2. The van der Waals surface area contributed by atoms with Crippen LogP contribution in [0.5, 0.6) is 17.2 Å². The van der Waals surface area contributed by atoms with Crippen molar-refractivity contribution in [2.75, 3.05) is 7.11 Å². The smallest absolute Gasteiger partial charge is 0.337 e. The molecule has 0 radical (unpaired) electrons. The lowest BCUT2D eigenvalue weighted by Crippen LogP contribution is -2.34. The van der Waals surface area contributed by atoms with Crippen LogP contribution < -0.4 is 16.0 Å². The number of methoxy groups -OCH3 is 1. The molecular weight excluding hydrogens is 556 g/mol. The van der Waals surface area contributed by atoms with Crippen LogP contribution in [0.1, 0.15) is 22.3 Å². The Balaban J connectivity index is 1.28. The van der Waals surface area contributed by atoms with E-state index in [2.05, 4.69) is 0 Å². The minimum absolute atomic E-state index is 0.00711. The van der Waals surface area contributed by atoms with Crippen molar-refractivity contribution in [2.45, 2.75) is 19.1 Å². The van der Waals surface area contributed by atoms with Gasteiger partial charge in [-0.05, 0) is 71.7 Å². The molecule has 2 aromatic heterocycles. The fourth-order valence-electron chi connectivity index (χ4n) is 5.55. The van der Waals surface area contributed by atoms with Gasteiger partial charge in [0.15, 0.2) is 0 Å². The molecule has 2 N–H and O–H groups in total. The van der Waals surface area contributed by atoms with Crippen LogP contribution in [-0.2, 0) is 27.1 Å². The van der Waals surface area contributed by atoms with Crippen molar-refractivity contribution in [1.82, 2.24) is 0 Å². The van der Waals surface area contributed by atoms with E-state index in [9.17, 15) is 24.6 Å². The number of esters is 1. The summed E-state index contributed by atoms with van der Waals surface area (Å²) < 4.78 is 28.0. The Kier molecular flexibility index (Phi) is 6.05. The van der Waals surface area contributed by atoms with Gasteiger partial charge in [-0.25, -0.2) is 14.4 Å². The predicted octanol–water partition coefficient (Wildman–Crippen LogP) is 4.70. The molecule has 0 bridgehead atoms. The van der Waals surface area contributed by atoms with Gasteiger partial charge in [0.2, 0.25) is 0 Å². The Morgan fingerprint density at radius 3 is 2.26 bits per heavy atom. The first-order valence-corrected chi connectivity index (χ1v) is 13.3. The van der Waals surface area contributed by atoms with Gasteiger partial charge in [-0.1, -0.05) is 6.07 Å². The average molecular weight is 579 g/mol. The number of aromatic hydroxyl groups is 2. The standard InChI is InChI=1S/C33H22O10/c1-39-31-24-9-16(8-17-12-30(37)41-28-15-21(35)3-5-22(17)28)2-6-27(24)42-33-25(31)11-19(32(38)43-33)10-18-13-29(36)40-26-7-4-20(34)14-23(18)26/h2-7,9,11-15,33-35H,8,10H2,1H3. The normalized spacial score (nSPS) is 15.9. The van der Waals surface area contributed by atoms with Crippen LogP contribution in [0.15, 0.2) is 102 Å². The molecule has 1 atom stereocenters. The van der Waals surface area contributed by atoms with Gasteiger partial charge in [0.1, 0.15) is 34.2 Å². The average Bonchev–Trinajstić information content (AvgIpc) is 2.96. The second kappa shape index (κ2) is 9.95. The molecule has 2 aliphatic rings. The van der Waals surface area contributed by atoms with Crippen molar-refractivity contribution in [1.29, 1.82) is 0 Å². The summed E-state index contributed by atoms with van der Waals surface area (Å²) in [6.07, 6.45) is 1.00. The molecule has 4 heterocycles. The van der Waals surface area contributed by atoms with E-state index in [-0.39, 0.29) is 34.7 Å². The first-order valence-electron chi connectivity index (χ1n) is 13.3. The van der Waals surface area contributed by atoms with Crippen molar-refractivity contribution in [3.05, 3.63) is 127 Å². The number of carbonyl (C=O) groups is 1. The molecule has 1 unspecified atom stereocenters. The van der Waals surface area contributed by atoms with E-state index in [0.29, 0.717) is 51.0 Å². The summed E-state index contributed by atoms with van der Waals surface area (Å²) in [6, 6.07) is 17.2. The lowest BCUT2D eigenvalue weighted by Gasteiger charge is -2.32. The van der Waals surface area contributed by atoms with Crippen molar-refractivity contribution >= 4 is 33.7 Å². The molecule has 0 spiro atoms. The molecule has 214 valence electrons. The Morgan fingerprint density at radius 1 is 0.744 bits per heavy atom. The van der Waals surface area contributed by atoms with E-state index >= 15 is 0 Å². The van der Waals surface area contributed by atoms with Gasteiger partial charge in [-0.2, -0.15) is 0 Å². The van der Waals surface area contributed by atoms with Crippen LogP contribution in [0.4, 0.5) is 0 Å². The van der Waals surface area contributed by atoms with Gasteiger partial charge in [0.05, 0.1) is 18.2 Å². The van der Waals surface area contributed by atoms with Crippen molar-refractivity contribution in [2.24, 2.45) is 0 Å². The van der Waals surface area contributed by atoms with Crippen LogP contribution in [0.25, 0.3) is 27.7 Å². The predicted molar refractivity (Wildman–Crippen MR) is 154 cm³/mol. The van der Waals surface area contributed by atoms with E-state index in [4.69, 9.17) is 23.0 Å². The monoisotopic (exact) mass is 578 g/mol. The summed E-state index contributed by atoms with van der Waals surface area (Å²) in [5.41, 5.74) is 2.85. The Labute approximate surface area is 242 Å². The fourth-order valence-corrected chi connectivity index (χ4v) is 5.55. The zero-order valence-corrected chi connectivity index (χ0v) is 22.6. The summed E-state index contributed by atoms with van der Waals surface area (Å²) in [5, 5.41) is 21.0. The minimum Gasteiger partial charge on any atom is -0.508 e.